The second-order valence-corrected chi connectivity index (χ2v) is 6.15. The molecule has 2 fully saturated rings. The average molecular weight is 278 g/mol. The average Bonchev–Trinajstić information content (AvgIpc) is 3.12. The van der Waals surface area contributed by atoms with E-state index < -0.39 is 0 Å². The van der Waals surface area contributed by atoms with Crippen LogP contribution >= 0.6 is 0 Å². The summed E-state index contributed by atoms with van der Waals surface area (Å²) in [5.74, 6) is 0. The van der Waals surface area contributed by atoms with Crippen LogP contribution in [0.3, 0.4) is 0 Å². The molecule has 1 aromatic heterocycles. The fourth-order valence-corrected chi connectivity index (χ4v) is 3.81. The van der Waals surface area contributed by atoms with Gasteiger partial charge in [-0.05, 0) is 19.3 Å². The third-order valence-corrected chi connectivity index (χ3v) is 4.82. The molecule has 5 nitrogen and oxygen atoms in total. The van der Waals surface area contributed by atoms with Crippen molar-refractivity contribution in [3.05, 3.63) is 18.2 Å². The lowest BCUT2D eigenvalue weighted by molar-refractivity contribution is 0.0263. The molecule has 0 spiro atoms. The predicted octanol–water partition coefficient (Wildman–Crippen LogP) is 1.22. The van der Waals surface area contributed by atoms with E-state index in [-0.39, 0.29) is 0 Å². The molecule has 1 aliphatic heterocycles. The number of H-pyrrole nitrogens is 1. The quantitative estimate of drug-likeness (QED) is 0.850. The normalized spacial score (nSPS) is 26.4. The summed E-state index contributed by atoms with van der Waals surface area (Å²) in [5, 5.41) is 9.36. The van der Waals surface area contributed by atoms with E-state index in [0.29, 0.717) is 12.6 Å². The number of nitrogens with one attached hydrogen (secondary N) is 1. The molecule has 2 aliphatic rings. The molecule has 0 aromatic carbocycles. The van der Waals surface area contributed by atoms with Crippen molar-refractivity contribution in [3.8, 4) is 0 Å². The van der Waals surface area contributed by atoms with Gasteiger partial charge >= 0.3 is 0 Å². The maximum atomic E-state index is 9.36. The summed E-state index contributed by atoms with van der Waals surface area (Å²) in [5.41, 5.74) is 1.18. The molecule has 1 aromatic rings. The summed E-state index contributed by atoms with van der Waals surface area (Å²) in [6, 6.07) is 1.28. The predicted molar refractivity (Wildman–Crippen MR) is 78.3 cm³/mol. The van der Waals surface area contributed by atoms with E-state index in [0.717, 1.165) is 38.6 Å². The zero-order chi connectivity index (χ0) is 13.8. The summed E-state index contributed by atoms with van der Waals surface area (Å²) < 4.78 is 0. The van der Waals surface area contributed by atoms with Gasteiger partial charge in [-0.3, -0.25) is 9.80 Å². The number of nitrogens with zero attached hydrogens (tertiary/aromatic N) is 3. The Bertz CT molecular complexity index is 389. The summed E-state index contributed by atoms with van der Waals surface area (Å²) in [6.45, 7) is 4.57. The maximum absolute atomic E-state index is 9.36. The van der Waals surface area contributed by atoms with Gasteiger partial charge in [0.15, 0.2) is 0 Å². The molecular weight excluding hydrogens is 252 g/mol. The van der Waals surface area contributed by atoms with Crippen LogP contribution in [0, 0.1) is 0 Å². The van der Waals surface area contributed by atoms with Crippen molar-refractivity contribution < 1.29 is 5.11 Å². The molecule has 0 radical (unpaired) electrons. The highest BCUT2D eigenvalue weighted by molar-refractivity contribution is 4.96. The number of rotatable bonds is 5. The van der Waals surface area contributed by atoms with E-state index in [2.05, 4.69) is 19.8 Å². The van der Waals surface area contributed by atoms with Gasteiger partial charge in [-0.1, -0.05) is 12.8 Å². The summed E-state index contributed by atoms with van der Waals surface area (Å²) in [7, 11) is 0. The molecule has 20 heavy (non-hydrogen) atoms. The zero-order valence-corrected chi connectivity index (χ0v) is 12.2. The Labute approximate surface area is 121 Å². The van der Waals surface area contributed by atoms with Crippen LogP contribution in [0.2, 0.25) is 0 Å². The molecule has 5 heteroatoms. The number of aromatic amines is 1. The van der Waals surface area contributed by atoms with Crippen molar-refractivity contribution in [2.45, 2.75) is 50.7 Å². The van der Waals surface area contributed by atoms with Gasteiger partial charge in [0.25, 0.3) is 0 Å². The number of aliphatic hydroxyl groups is 1. The first-order valence-corrected chi connectivity index (χ1v) is 7.93. The summed E-state index contributed by atoms with van der Waals surface area (Å²) in [6.07, 6.45) is 10.0. The van der Waals surface area contributed by atoms with E-state index in [4.69, 9.17) is 0 Å². The largest absolute Gasteiger partial charge is 0.396 e. The van der Waals surface area contributed by atoms with Gasteiger partial charge in [-0.15, -0.1) is 0 Å². The highest BCUT2D eigenvalue weighted by Crippen LogP contribution is 2.28. The van der Waals surface area contributed by atoms with Crippen LogP contribution in [0.15, 0.2) is 12.5 Å². The van der Waals surface area contributed by atoms with Crippen LogP contribution in [-0.2, 0) is 6.54 Å². The van der Waals surface area contributed by atoms with E-state index >= 15 is 0 Å². The minimum atomic E-state index is 0.297. The van der Waals surface area contributed by atoms with E-state index in [1.807, 2.05) is 6.20 Å². The topological polar surface area (TPSA) is 55.4 Å². The van der Waals surface area contributed by atoms with Crippen molar-refractivity contribution in [2.24, 2.45) is 0 Å². The summed E-state index contributed by atoms with van der Waals surface area (Å²) in [4.78, 5) is 12.4. The Balaban J connectivity index is 1.59. The van der Waals surface area contributed by atoms with Gasteiger partial charge < -0.3 is 10.1 Å². The molecule has 1 unspecified atom stereocenters. The third kappa shape index (κ3) is 3.22. The fourth-order valence-electron chi connectivity index (χ4n) is 3.81. The molecular formula is C15H26N4O. The second-order valence-electron chi connectivity index (χ2n) is 6.15. The molecule has 0 amide bonds. The molecule has 3 rings (SSSR count). The van der Waals surface area contributed by atoms with E-state index in [1.54, 1.807) is 6.33 Å². The Hall–Kier alpha value is -0.910. The first-order valence-electron chi connectivity index (χ1n) is 7.93. The molecule has 2 heterocycles. The molecule has 0 bridgehead atoms. The highest BCUT2D eigenvalue weighted by Gasteiger charge is 2.32. The number of hydrogen-bond donors (Lipinski definition) is 2. The molecule has 2 N–H and O–H groups in total. The summed E-state index contributed by atoms with van der Waals surface area (Å²) >= 11 is 0. The number of aromatic nitrogens is 2. The maximum Gasteiger partial charge on any atom is 0.0922 e. The highest BCUT2D eigenvalue weighted by atomic mass is 16.3. The minimum absolute atomic E-state index is 0.297. The Morgan fingerprint density at radius 3 is 2.85 bits per heavy atom. The molecule has 1 saturated carbocycles. The molecule has 1 saturated heterocycles. The number of hydrogen-bond acceptors (Lipinski definition) is 4. The first kappa shape index (κ1) is 14.0. The van der Waals surface area contributed by atoms with Crippen LogP contribution in [0.25, 0.3) is 0 Å². The van der Waals surface area contributed by atoms with Gasteiger partial charge in [0.05, 0.1) is 6.33 Å². The first-order chi connectivity index (χ1) is 9.86. The van der Waals surface area contributed by atoms with Crippen molar-refractivity contribution in [1.29, 1.82) is 0 Å². The van der Waals surface area contributed by atoms with Crippen LogP contribution < -0.4 is 0 Å². The van der Waals surface area contributed by atoms with E-state index in [1.165, 1.54) is 31.4 Å². The van der Waals surface area contributed by atoms with E-state index in [9.17, 15) is 5.11 Å². The van der Waals surface area contributed by atoms with Gasteiger partial charge in [-0.25, -0.2) is 4.98 Å². The van der Waals surface area contributed by atoms with Crippen LogP contribution in [0.5, 0.6) is 0 Å². The molecule has 112 valence electrons. The van der Waals surface area contributed by atoms with Crippen LogP contribution in [-0.4, -0.2) is 63.2 Å². The lowest BCUT2D eigenvalue weighted by Crippen LogP contribution is -2.56. The third-order valence-electron chi connectivity index (χ3n) is 4.82. The molecule has 1 aliphatic carbocycles. The Kier molecular flexibility index (Phi) is 4.70. The smallest absolute Gasteiger partial charge is 0.0922 e. The number of aliphatic hydroxyl groups excluding tert-OH is 1. The number of piperazine rings is 1. The van der Waals surface area contributed by atoms with Gasteiger partial charge in [0.2, 0.25) is 0 Å². The SMILES string of the molecule is OCCC1CN(Cc2cnc[nH]2)CCN1C1CCCC1. The second kappa shape index (κ2) is 6.70. The van der Waals surface area contributed by atoms with Crippen molar-refractivity contribution in [3.63, 3.8) is 0 Å². The molecule has 1 atom stereocenters. The van der Waals surface area contributed by atoms with Crippen molar-refractivity contribution >= 4 is 0 Å². The standard InChI is InChI=1S/C15H26N4O/c20-8-5-15-11-18(10-13-9-16-12-17-13)6-7-19(15)14-3-1-2-4-14/h9,12,14-15,20H,1-8,10-11H2,(H,16,17). The zero-order valence-electron chi connectivity index (χ0n) is 12.2. The Morgan fingerprint density at radius 1 is 1.30 bits per heavy atom. The van der Waals surface area contributed by atoms with Crippen LogP contribution in [0.4, 0.5) is 0 Å². The number of imidazole rings is 1. The fraction of sp³-hybridized carbons (Fsp3) is 0.800. The Morgan fingerprint density at radius 2 is 2.15 bits per heavy atom. The minimum Gasteiger partial charge on any atom is -0.396 e. The monoisotopic (exact) mass is 278 g/mol. The van der Waals surface area contributed by atoms with Crippen LogP contribution in [0.1, 0.15) is 37.8 Å². The lowest BCUT2D eigenvalue weighted by Gasteiger charge is -2.44. The lowest BCUT2D eigenvalue weighted by atomic mass is 10.0. The van der Waals surface area contributed by atoms with Crippen molar-refractivity contribution in [2.75, 3.05) is 26.2 Å². The van der Waals surface area contributed by atoms with Crippen molar-refractivity contribution in [1.82, 2.24) is 19.8 Å². The van der Waals surface area contributed by atoms with Gasteiger partial charge in [0.1, 0.15) is 0 Å². The van der Waals surface area contributed by atoms with Gasteiger partial charge in [0, 0.05) is 56.8 Å². The van der Waals surface area contributed by atoms with Gasteiger partial charge in [-0.2, -0.15) is 0 Å².